The Bertz CT molecular complexity index is 296. The maximum Gasteiger partial charge on any atom is 0.329 e. The van der Waals surface area contributed by atoms with Crippen molar-refractivity contribution in [1.82, 2.24) is 10.2 Å². The van der Waals surface area contributed by atoms with Crippen molar-refractivity contribution < 1.29 is 29.3 Å². The van der Waals surface area contributed by atoms with Crippen LogP contribution in [0.1, 0.15) is 0 Å². The molecule has 0 aromatic rings. The van der Waals surface area contributed by atoms with Gasteiger partial charge in [-0.3, -0.25) is 9.69 Å². The number of nitrogens with zero attached hydrogens (tertiary/aromatic N) is 1. The number of ether oxygens (including phenoxy) is 1. The molecule has 5 N–H and O–H groups in total. The first kappa shape index (κ1) is 16.1. The van der Waals surface area contributed by atoms with Crippen molar-refractivity contribution in [3.63, 3.8) is 0 Å². The van der Waals surface area contributed by atoms with Gasteiger partial charge in [-0.25, -0.2) is 9.59 Å². The highest BCUT2D eigenvalue weighted by atomic mass is 16.5. The van der Waals surface area contributed by atoms with Crippen molar-refractivity contribution in [3.8, 4) is 0 Å². The molecule has 0 aromatic carbocycles. The molecule has 0 spiro atoms. The maximum atomic E-state index is 10.6. The molecule has 0 saturated heterocycles. The van der Waals surface area contributed by atoms with E-state index in [1.54, 1.807) is 0 Å². The Kier molecular flexibility index (Phi) is 8.24. The summed E-state index contributed by atoms with van der Waals surface area (Å²) in [6.45, 7) is 0.181. The van der Waals surface area contributed by atoms with E-state index in [9.17, 15) is 14.4 Å². The van der Waals surface area contributed by atoms with Gasteiger partial charge in [0.25, 0.3) is 0 Å². The zero-order valence-corrected chi connectivity index (χ0v) is 9.79. The molecule has 2 amide bonds. The van der Waals surface area contributed by atoms with Crippen LogP contribution in [0.3, 0.4) is 0 Å². The fraction of sp³-hybridized carbons (Fsp3) is 0.667. The van der Waals surface area contributed by atoms with Crippen LogP contribution in [-0.2, 0) is 14.3 Å². The summed E-state index contributed by atoms with van der Waals surface area (Å²) < 4.78 is 4.79. The first-order valence-corrected chi connectivity index (χ1v) is 5.18. The number of carboxylic acids is 2. The van der Waals surface area contributed by atoms with Gasteiger partial charge < -0.3 is 26.0 Å². The van der Waals surface area contributed by atoms with E-state index < -0.39 is 24.6 Å². The molecule has 0 aliphatic rings. The van der Waals surface area contributed by atoms with Crippen LogP contribution in [0.25, 0.3) is 0 Å². The van der Waals surface area contributed by atoms with Gasteiger partial charge in [0.1, 0.15) is 6.61 Å². The molecule has 104 valence electrons. The lowest BCUT2D eigenvalue weighted by molar-refractivity contribution is -0.143. The van der Waals surface area contributed by atoms with Gasteiger partial charge in [-0.2, -0.15) is 0 Å². The highest BCUT2D eigenvalue weighted by Crippen LogP contribution is 1.88. The normalized spacial score (nSPS) is 10.3. The lowest BCUT2D eigenvalue weighted by Gasteiger charge is -2.19. The molecule has 0 saturated carbocycles. The van der Waals surface area contributed by atoms with Crippen LogP contribution >= 0.6 is 0 Å². The predicted octanol–water partition coefficient (Wildman–Crippen LogP) is -1.86. The van der Waals surface area contributed by atoms with E-state index in [4.69, 9.17) is 20.7 Å². The van der Waals surface area contributed by atoms with E-state index in [0.29, 0.717) is 0 Å². The third-order valence-corrected chi connectivity index (χ3v) is 1.86. The minimum Gasteiger partial charge on any atom is -0.480 e. The molecule has 0 fully saturated rings. The summed E-state index contributed by atoms with van der Waals surface area (Å²) in [7, 11) is 0. The molecule has 0 bridgehead atoms. The van der Waals surface area contributed by atoms with Gasteiger partial charge in [0.2, 0.25) is 0 Å². The Morgan fingerprint density at radius 2 is 1.83 bits per heavy atom. The SMILES string of the molecule is NC(=O)NCCN(CCOCC(=O)O)CC(=O)O. The van der Waals surface area contributed by atoms with Crippen molar-refractivity contribution >= 4 is 18.0 Å². The van der Waals surface area contributed by atoms with Gasteiger partial charge in [-0.1, -0.05) is 0 Å². The summed E-state index contributed by atoms with van der Waals surface area (Å²) in [6, 6.07) is -0.688. The minimum absolute atomic E-state index is 0.0934. The molecule has 0 atom stereocenters. The molecule has 0 aliphatic heterocycles. The quantitative estimate of drug-likeness (QED) is 0.338. The van der Waals surface area contributed by atoms with Gasteiger partial charge in [0, 0.05) is 19.6 Å². The smallest absolute Gasteiger partial charge is 0.329 e. The summed E-state index contributed by atoms with van der Waals surface area (Å²) in [5, 5.41) is 19.3. The van der Waals surface area contributed by atoms with Gasteiger partial charge in [0.15, 0.2) is 0 Å². The minimum atomic E-state index is -1.09. The van der Waals surface area contributed by atoms with E-state index in [0.717, 1.165) is 0 Å². The van der Waals surface area contributed by atoms with Crippen LogP contribution in [-0.4, -0.2) is 72.5 Å². The molecule has 0 aliphatic carbocycles. The molecule has 0 rings (SSSR count). The third kappa shape index (κ3) is 10.6. The van der Waals surface area contributed by atoms with Crippen LogP contribution < -0.4 is 11.1 Å². The van der Waals surface area contributed by atoms with E-state index in [2.05, 4.69) is 5.32 Å². The van der Waals surface area contributed by atoms with Crippen molar-refractivity contribution in [2.45, 2.75) is 0 Å². The Hall–Kier alpha value is -1.87. The van der Waals surface area contributed by atoms with Crippen LogP contribution in [0.4, 0.5) is 4.79 Å². The number of carboxylic acid groups (broad SMARTS) is 2. The van der Waals surface area contributed by atoms with E-state index in [1.165, 1.54) is 4.90 Å². The van der Waals surface area contributed by atoms with E-state index in [1.807, 2.05) is 0 Å². The number of hydrogen-bond acceptors (Lipinski definition) is 5. The first-order chi connectivity index (χ1) is 8.41. The van der Waals surface area contributed by atoms with Crippen molar-refractivity contribution in [1.29, 1.82) is 0 Å². The summed E-state index contributed by atoms with van der Waals surface area (Å²) >= 11 is 0. The second-order valence-corrected chi connectivity index (χ2v) is 3.41. The van der Waals surface area contributed by atoms with E-state index in [-0.39, 0.29) is 32.8 Å². The molecular weight excluding hydrogens is 246 g/mol. The number of nitrogens with two attached hydrogens (primary N) is 1. The monoisotopic (exact) mass is 263 g/mol. The van der Waals surface area contributed by atoms with Gasteiger partial charge >= 0.3 is 18.0 Å². The van der Waals surface area contributed by atoms with Gasteiger partial charge in [-0.05, 0) is 0 Å². The Morgan fingerprint density at radius 1 is 1.17 bits per heavy atom. The second kappa shape index (κ2) is 9.19. The highest BCUT2D eigenvalue weighted by molar-refractivity contribution is 5.71. The lowest BCUT2D eigenvalue weighted by Crippen LogP contribution is -2.40. The van der Waals surface area contributed by atoms with Gasteiger partial charge in [0.05, 0.1) is 13.2 Å². The molecule has 0 heterocycles. The molecule has 9 heteroatoms. The third-order valence-electron chi connectivity index (χ3n) is 1.86. The Labute approximate surface area is 103 Å². The first-order valence-electron chi connectivity index (χ1n) is 5.18. The van der Waals surface area contributed by atoms with Crippen molar-refractivity contribution in [3.05, 3.63) is 0 Å². The topological polar surface area (TPSA) is 142 Å². The van der Waals surface area contributed by atoms with Crippen LogP contribution in [0.5, 0.6) is 0 Å². The fourth-order valence-electron chi connectivity index (χ4n) is 1.15. The van der Waals surface area contributed by atoms with Gasteiger partial charge in [-0.15, -0.1) is 0 Å². The summed E-state index contributed by atoms with van der Waals surface area (Å²) in [4.78, 5) is 32.7. The Morgan fingerprint density at radius 3 is 2.33 bits per heavy atom. The number of carbonyl (C=O) groups excluding carboxylic acids is 1. The number of primary amides is 1. The lowest BCUT2D eigenvalue weighted by atomic mass is 10.4. The van der Waals surface area contributed by atoms with Crippen molar-refractivity contribution in [2.24, 2.45) is 5.73 Å². The molecule has 0 unspecified atom stereocenters. The number of rotatable bonds is 10. The number of nitrogens with one attached hydrogen (secondary N) is 1. The summed E-state index contributed by atoms with van der Waals surface area (Å²) in [6.07, 6.45) is 0. The van der Waals surface area contributed by atoms with Crippen LogP contribution in [0.2, 0.25) is 0 Å². The number of aliphatic carboxylic acids is 2. The molecule has 18 heavy (non-hydrogen) atoms. The van der Waals surface area contributed by atoms with Crippen LogP contribution in [0.15, 0.2) is 0 Å². The average molecular weight is 263 g/mol. The fourth-order valence-corrected chi connectivity index (χ4v) is 1.15. The summed E-state index contributed by atoms with van der Waals surface area (Å²) in [5.41, 5.74) is 4.86. The predicted molar refractivity (Wildman–Crippen MR) is 60.1 cm³/mol. The molecule has 0 aromatic heterocycles. The largest absolute Gasteiger partial charge is 0.480 e. The average Bonchev–Trinajstić information content (AvgIpc) is 2.22. The standard InChI is InChI=1S/C9H17N3O6/c10-9(17)11-1-2-12(5-7(13)14)3-4-18-6-8(15)16/h1-6H2,(H,13,14)(H,15,16)(H3,10,11,17). The Balaban J connectivity index is 3.87. The number of urea groups is 1. The molecular formula is C9H17N3O6. The highest BCUT2D eigenvalue weighted by Gasteiger charge is 2.09. The molecule has 9 nitrogen and oxygen atoms in total. The molecule has 0 radical (unpaired) electrons. The second-order valence-electron chi connectivity index (χ2n) is 3.41. The zero-order valence-electron chi connectivity index (χ0n) is 9.79. The van der Waals surface area contributed by atoms with E-state index >= 15 is 0 Å². The number of amides is 2. The maximum absolute atomic E-state index is 10.6. The van der Waals surface area contributed by atoms with Crippen molar-refractivity contribution in [2.75, 3.05) is 39.4 Å². The zero-order chi connectivity index (χ0) is 14.0. The number of carbonyl (C=O) groups is 3. The van der Waals surface area contributed by atoms with Crippen LogP contribution in [0, 0.1) is 0 Å². The number of hydrogen-bond donors (Lipinski definition) is 4. The summed E-state index contributed by atoms with van der Waals surface area (Å²) in [5.74, 6) is -2.11.